The van der Waals surface area contributed by atoms with Crippen LogP contribution in [0.4, 0.5) is 17.1 Å². The van der Waals surface area contributed by atoms with Crippen LogP contribution in [-0.2, 0) is 5.41 Å². The molecule has 11 rings (SSSR count). The molecule has 0 aromatic heterocycles. The molecule has 0 radical (unpaired) electrons. The maximum absolute atomic E-state index is 2.47. The molecule has 0 amide bonds. The highest BCUT2D eigenvalue weighted by atomic mass is 15.1. The van der Waals surface area contributed by atoms with Gasteiger partial charge in [0.05, 0.1) is 5.69 Å². The molecule has 4 saturated carbocycles. The van der Waals surface area contributed by atoms with Gasteiger partial charge in [-0.2, -0.15) is 0 Å². The average Bonchev–Trinajstić information content (AvgIpc) is 3.18. The number of para-hydroxylation sites is 1. The van der Waals surface area contributed by atoms with E-state index in [1.165, 1.54) is 82.7 Å². The zero-order valence-corrected chi connectivity index (χ0v) is 29.1. The summed E-state index contributed by atoms with van der Waals surface area (Å²) in [7, 11) is 0. The molecule has 1 nitrogen and oxygen atoms in total. The van der Waals surface area contributed by atoms with Crippen LogP contribution < -0.4 is 4.90 Å². The highest BCUT2D eigenvalue weighted by Gasteiger charge is 2.51. The van der Waals surface area contributed by atoms with E-state index in [-0.39, 0.29) is 0 Å². The minimum Gasteiger partial charge on any atom is -0.310 e. The summed E-state index contributed by atoms with van der Waals surface area (Å²) in [6.45, 7) is 0. The van der Waals surface area contributed by atoms with Crippen LogP contribution in [0.2, 0.25) is 0 Å². The van der Waals surface area contributed by atoms with Crippen LogP contribution in [-0.4, -0.2) is 0 Å². The van der Waals surface area contributed by atoms with Crippen molar-refractivity contribution in [3.05, 3.63) is 175 Å². The van der Waals surface area contributed by atoms with Gasteiger partial charge in [-0.1, -0.05) is 133 Å². The van der Waals surface area contributed by atoms with E-state index in [1.807, 2.05) is 0 Å². The SMILES string of the molecule is c1ccc(-c2ccc(N(c3ccc(-c4ccc(C56CC7CC(CC(C7)C5)C6)cc4)cc3)c3ccccc3-c3ccc4ccccc4c3)cc2)cc1. The summed E-state index contributed by atoms with van der Waals surface area (Å²) in [4.78, 5) is 2.42. The van der Waals surface area contributed by atoms with Crippen molar-refractivity contribution in [2.45, 2.75) is 43.9 Å². The van der Waals surface area contributed by atoms with Gasteiger partial charge in [-0.3, -0.25) is 0 Å². The summed E-state index contributed by atoms with van der Waals surface area (Å²) < 4.78 is 0. The monoisotopic (exact) mass is 657 g/mol. The van der Waals surface area contributed by atoms with Gasteiger partial charge in [-0.05, 0) is 142 Å². The lowest BCUT2D eigenvalue weighted by molar-refractivity contribution is -0.00518. The van der Waals surface area contributed by atoms with Gasteiger partial charge < -0.3 is 4.90 Å². The summed E-state index contributed by atoms with van der Waals surface area (Å²) in [5, 5.41) is 2.51. The fraction of sp³-hybridized carbons (Fsp3) is 0.200. The Morgan fingerprint density at radius 1 is 0.392 bits per heavy atom. The summed E-state index contributed by atoms with van der Waals surface area (Å²) in [5.41, 5.74) is 12.9. The molecule has 7 aromatic rings. The molecule has 0 N–H and O–H groups in total. The molecule has 1 heteroatoms. The molecule has 4 bridgehead atoms. The van der Waals surface area contributed by atoms with Crippen LogP contribution in [0.25, 0.3) is 44.2 Å². The minimum atomic E-state index is 0.437. The van der Waals surface area contributed by atoms with E-state index in [1.54, 1.807) is 5.56 Å². The minimum absolute atomic E-state index is 0.437. The Kier molecular flexibility index (Phi) is 7.41. The van der Waals surface area contributed by atoms with Gasteiger partial charge >= 0.3 is 0 Å². The molecule has 0 saturated heterocycles. The maximum atomic E-state index is 2.47. The van der Waals surface area contributed by atoms with E-state index >= 15 is 0 Å². The first kappa shape index (κ1) is 30.4. The molecule has 0 atom stereocenters. The number of fused-ring (bicyclic) bond motifs is 1. The Morgan fingerprint density at radius 2 is 0.863 bits per heavy atom. The molecule has 4 aliphatic rings. The van der Waals surface area contributed by atoms with Gasteiger partial charge in [-0.15, -0.1) is 0 Å². The molecule has 0 unspecified atom stereocenters. The normalized spacial score (nSPS) is 21.9. The van der Waals surface area contributed by atoms with Crippen LogP contribution in [0, 0.1) is 17.8 Å². The van der Waals surface area contributed by atoms with E-state index < -0.39 is 0 Å². The second-order valence-electron chi connectivity index (χ2n) is 15.6. The van der Waals surface area contributed by atoms with Crippen molar-refractivity contribution >= 4 is 27.8 Å². The topological polar surface area (TPSA) is 3.24 Å². The van der Waals surface area contributed by atoms with Crippen molar-refractivity contribution in [1.82, 2.24) is 0 Å². The molecule has 248 valence electrons. The standard InChI is InChI=1S/C50H43N/c1-2-8-38(9-3-1)41-18-24-46(25-19-41)51(49-13-7-6-12-48(49)44-15-14-39-10-4-5-11-43(39)31-44)47-26-20-42(21-27-47)40-16-22-45(23-17-40)50-32-35-28-36(33-50)30-37(29-35)34-50/h1-27,31,35-37H,28-30,32-34H2. The highest BCUT2D eigenvalue weighted by Crippen LogP contribution is 2.60. The number of hydrogen-bond acceptors (Lipinski definition) is 1. The number of benzene rings is 7. The molecule has 4 aliphatic carbocycles. The predicted octanol–water partition coefficient (Wildman–Crippen LogP) is 13.8. The Labute approximate surface area is 302 Å². The number of nitrogens with zero attached hydrogens (tertiary/aromatic N) is 1. The first-order valence-electron chi connectivity index (χ1n) is 18.9. The van der Waals surface area contributed by atoms with E-state index in [2.05, 4.69) is 175 Å². The van der Waals surface area contributed by atoms with Gasteiger partial charge in [0.2, 0.25) is 0 Å². The fourth-order valence-corrected chi connectivity index (χ4v) is 10.4. The van der Waals surface area contributed by atoms with Gasteiger partial charge in [0.25, 0.3) is 0 Å². The molecule has 0 spiro atoms. The molecule has 4 fully saturated rings. The second-order valence-corrected chi connectivity index (χ2v) is 15.6. The van der Waals surface area contributed by atoms with Crippen LogP contribution in [0.5, 0.6) is 0 Å². The lowest BCUT2D eigenvalue weighted by Gasteiger charge is -2.57. The van der Waals surface area contributed by atoms with E-state index in [4.69, 9.17) is 0 Å². The van der Waals surface area contributed by atoms with Crippen LogP contribution >= 0.6 is 0 Å². The van der Waals surface area contributed by atoms with E-state index in [0.717, 1.165) is 34.8 Å². The van der Waals surface area contributed by atoms with Crippen molar-refractivity contribution < 1.29 is 0 Å². The number of rotatable bonds is 7. The van der Waals surface area contributed by atoms with E-state index in [9.17, 15) is 0 Å². The third kappa shape index (κ3) is 5.56. The van der Waals surface area contributed by atoms with Crippen molar-refractivity contribution in [1.29, 1.82) is 0 Å². The zero-order valence-electron chi connectivity index (χ0n) is 29.1. The summed E-state index contributed by atoms with van der Waals surface area (Å²) in [6.07, 6.45) is 8.71. The number of hydrogen-bond donors (Lipinski definition) is 0. The average molecular weight is 658 g/mol. The highest BCUT2D eigenvalue weighted by molar-refractivity contribution is 5.93. The van der Waals surface area contributed by atoms with Crippen LogP contribution in [0.15, 0.2) is 170 Å². The Hall–Kier alpha value is -5.40. The Morgan fingerprint density at radius 3 is 1.47 bits per heavy atom. The van der Waals surface area contributed by atoms with Crippen molar-refractivity contribution in [2.75, 3.05) is 4.90 Å². The Balaban J connectivity index is 1.01. The lowest BCUT2D eigenvalue weighted by atomic mass is 9.48. The summed E-state index contributed by atoms with van der Waals surface area (Å²) in [5.74, 6) is 2.90. The molecule has 7 aromatic carbocycles. The van der Waals surface area contributed by atoms with Crippen molar-refractivity contribution in [3.8, 4) is 33.4 Å². The quantitative estimate of drug-likeness (QED) is 0.165. The molecule has 0 heterocycles. The largest absolute Gasteiger partial charge is 0.310 e. The lowest BCUT2D eigenvalue weighted by Crippen LogP contribution is -2.48. The summed E-state index contributed by atoms with van der Waals surface area (Å²) in [6, 6.07) is 62.8. The van der Waals surface area contributed by atoms with Crippen molar-refractivity contribution in [2.24, 2.45) is 17.8 Å². The van der Waals surface area contributed by atoms with Gasteiger partial charge in [0.15, 0.2) is 0 Å². The molecule has 51 heavy (non-hydrogen) atoms. The molecular weight excluding hydrogens is 615 g/mol. The first-order chi connectivity index (χ1) is 25.2. The zero-order chi connectivity index (χ0) is 33.8. The van der Waals surface area contributed by atoms with Gasteiger partial charge in [0, 0.05) is 16.9 Å². The molecule has 0 aliphatic heterocycles. The van der Waals surface area contributed by atoms with Crippen LogP contribution in [0.1, 0.15) is 44.1 Å². The van der Waals surface area contributed by atoms with Crippen LogP contribution in [0.3, 0.4) is 0 Å². The number of anilines is 3. The Bertz CT molecular complexity index is 2280. The molecular formula is C50H43N. The maximum Gasteiger partial charge on any atom is 0.0540 e. The summed E-state index contributed by atoms with van der Waals surface area (Å²) >= 11 is 0. The van der Waals surface area contributed by atoms with Gasteiger partial charge in [-0.25, -0.2) is 0 Å². The third-order valence-electron chi connectivity index (χ3n) is 12.4. The predicted molar refractivity (Wildman–Crippen MR) is 215 cm³/mol. The van der Waals surface area contributed by atoms with Crippen molar-refractivity contribution in [3.63, 3.8) is 0 Å². The fourth-order valence-electron chi connectivity index (χ4n) is 10.4. The smallest absolute Gasteiger partial charge is 0.0540 e. The second kappa shape index (κ2) is 12.4. The van der Waals surface area contributed by atoms with Gasteiger partial charge in [0.1, 0.15) is 0 Å². The third-order valence-corrected chi connectivity index (χ3v) is 12.4. The first-order valence-corrected chi connectivity index (χ1v) is 18.9. The van der Waals surface area contributed by atoms with E-state index in [0.29, 0.717) is 5.41 Å².